The third-order valence-electron chi connectivity index (χ3n) is 5.64. The van der Waals surface area contributed by atoms with Crippen LogP contribution in [0.15, 0.2) is 35.2 Å². The standard InChI is InChI=1S/C18H21N3O2/c1-18(2)13-6-4-8-21(15(18)9-13)17(22)14-11-23-16(20-14)12-5-3-7-19-10-12/h3,5,7,10-11,13,15H,4,6,8-9H2,1-2H3. The molecule has 2 aromatic heterocycles. The van der Waals surface area contributed by atoms with Gasteiger partial charge in [0.25, 0.3) is 5.91 Å². The van der Waals surface area contributed by atoms with Crippen molar-refractivity contribution in [2.45, 2.75) is 39.2 Å². The van der Waals surface area contributed by atoms with Gasteiger partial charge in [-0.25, -0.2) is 4.98 Å². The van der Waals surface area contributed by atoms with Crippen LogP contribution in [0.2, 0.25) is 0 Å². The highest BCUT2D eigenvalue weighted by Crippen LogP contribution is 2.53. The number of hydrogen-bond donors (Lipinski definition) is 0. The minimum atomic E-state index is -0.0117. The molecule has 120 valence electrons. The van der Waals surface area contributed by atoms with E-state index in [2.05, 4.69) is 23.8 Å². The maximum atomic E-state index is 12.9. The Labute approximate surface area is 135 Å². The van der Waals surface area contributed by atoms with Gasteiger partial charge in [-0.05, 0) is 42.7 Å². The largest absolute Gasteiger partial charge is 0.444 e. The average Bonchev–Trinajstić information content (AvgIpc) is 2.88. The molecule has 2 unspecified atom stereocenters. The predicted molar refractivity (Wildman–Crippen MR) is 85.7 cm³/mol. The number of hydrogen-bond acceptors (Lipinski definition) is 4. The Morgan fingerprint density at radius 2 is 2.30 bits per heavy atom. The highest BCUT2D eigenvalue weighted by molar-refractivity contribution is 5.93. The molecule has 5 heteroatoms. The molecule has 3 aliphatic rings. The van der Waals surface area contributed by atoms with E-state index in [4.69, 9.17) is 4.42 Å². The van der Waals surface area contributed by atoms with Crippen molar-refractivity contribution in [2.75, 3.05) is 6.54 Å². The first-order valence-electron chi connectivity index (χ1n) is 8.24. The molecule has 1 amide bonds. The lowest BCUT2D eigenvalue weighted by Gasteiger charge is -2.54. The highest BCUT2D eigenvalue weighted by atomic mass is 16.3. The van der Waals surface area contributed by atoms with Crippen molar-refractivity contribution in [1.82, 2.24) is 14.9 Å². The first kappa shape index (κ1) is 14.4. The number of aromatic nitrogens is 2. The number of nitrogens with zero attached hydrogens (tertiary/aromatic N) is 3. The molecule has 1 saturated carbocycles. The van der Waals surface area contributed by atoms with Crippen molar-refractivity contribution in [3.05, 3.63) is 36.5 Å². The Kier molecular flexibility index (Phi) is 3.25. The molecule has 0 spiro atoms. The second-order valence-corrected chi connectivity index (χ2v) is 7.19. The van der Waals surface area contributed by atoms with Gasteiger partial charge in [-0.1, -0.05) is 13.8 Å². The van der Waals surface area contributed by atoms with Gasteiger partial charge in [0, 0.05) is 25.0 Å². The summed E-state index contributed by atoms with van der Waals surface area (Å²) < 4.78 is 5.50. The number of oxazole rings is 1. The summed E-state index contributed by atoms with van der Waals surface area (Å²) in [5.41, 5.74) is 1.39. The van der Waals surface area contributed by atoms with Gasteiger partial charge >= 0.3 is 0 Å². The van der Waals surface area contributed by atoms with E-state index in [1.807, 2.05) is 17.0 Å². The molecule has 5 rings (SSSR count). The molecule has 5 nitrogen and oxygen atoms in total. The molecule has 4 heterocycles. The molecule has 23 heavy (non-hydrogen) atoms. The molecular formula is C18H21N3O2. The van der Waals surface area contributed by atoms with Gasteiger partial charge in [-0.15, -0.1) is 0 Å². The molecule has 2 bridgehead atoms. The average molecular weight is 311 g/mol. The molecule has 0 radical (unpaired) electrons. The van der Waals surface area contributed by atoms with Crippen molar-refractivity contribution in [3.63, 3.8) is 0 Å². The number of pyridine rings is 1. The lowest BCUT2D eigenvalue weighted by molar-refractivity contribution is -0.0327. The van der Waals surface area contributed by atoms with E-state index in [1.165, 1.54) is 12.7 Å². The molecule has 2 atom stereocenters. The summed E-state index contributed by atoms with van der Waals surface area (Å²) in [5, 5.41) is 0. The monoisotopic (exact) mass is 311 g/mol. The van der Waals surface area contributed by atoms with E-state index in [1.54, 1.807) is 12.4 Å². The SMILES string of the molecule is CC1(C)C2CCCN(C(=O)c3coc(-c4cccnc4)n3)C1C2. The Hall–Kier alpha value is -2.17. The number of amides is 1. The van der Waals surface area contributed by atoms with Crippen LogP contribution in [0, 0.1) is 11.3 Å². The van der Waals surface area contributed by atoms with Crippen LogP contribution in [0.5, 0.6) is 0 Å². The molecule has 0 N–H and O–H groups in total. The van der Waals surface area contributed by atoms with Crippen LogP contribution in [0.25, 0.3) is 11.5 Å². The van der Waals surface area contributed by atoms with Crippen LogP contribution in [0.4, 0.5) is 0 Å². The van der Waals surface area contributed by atoms with Gasteiger partial charge in [0.2, 0.25) is 5.89 Å². The summed E-state index contributed by atoms with van der Waals surface area (Å²) in [5.74, 6) is 1.18. The zero-order chi connectivity index (χ0) is 16.0. The van der Waals surface area contributed by atoms with Crippen LogP contribution in [0.1, 0.15) is 43.6 Å². The van der Waals surface area contributed by atoms with E-state index in [9.17, 15) is 4.79 Å². The normalized spacial score (nSPS) is 25.6. The first-order valence-corrected chi connectivity index (χ1v) is 8.24. The zero-order valence-corrected chi connectivity index (χ0v) is 13.5. The maximum Gasteiger partial charge on any atom is 0.276 e. The summed E-state index contributed by atoms with van der Waals surface area (Å²) in [6.45, 7) is 5.38. The zero-order valence-electron chi connectivity index (χ0n) is 13.5. The Morgan fingerprint density at radius 1 is 1.43 bits per heavy atom. The summed E-state index contributed by atoms with van der Waals surface area (Å²) in [6, 6.07) is 4.02. The van der Waals surface area contributed by atoms with Crippen LogP contribution < -0.4 is 0 Å². The van der Waals surface area contributed by atoms with Crippen LogP contribution in [-0.2, 0) is 0 Å². The van der Waals surface area contributed by atoms with Crippen molar-refractivity contribution in [3.8, 4) is 11.5 Å². The van der Waals surface area contributed by atoms with E-state index in [-0.39, 0.29) is 11.3 Å². The third-order valence-corrected chi connectivity index (χ3v) is 5.64. The van der Waals surface area contributed by atoms with Crippen LogP contribution in [0.3, 0.4) is 0 Å². The number of rotatable bonds is 2. The van der Waals surface area contributed by atoms with E-state index in [0.717, 1.165) is 30.9 Å². The quantitative estimate of drug-likeness (QED) is 0.853. The maximum absolute atomic E-state index is 12.9. The van der Waals surface area contributed by atoms with Crippen molar-refractivity contribution in [2.24, 2.45) is 11.3 Å². The molecule has 3 fully saturated rings. The Balaban J connectivity index is 1.59. The molecule has 2 saturated heterocycles. The fourth-order valence-corrected chi connectivity index (χ4v) is 4.06. The van der Waals surface area contributed by atoms with Gasteiger partial charge in [0.15, 0.2) is 5.69 Å². The second-order valence-electron chi connectivity index (χ2n) is 7.19. The molecule has 2 aliphatic heterocycles. The van der Waals surface area contributed by atoms with Crippen LogP contribution >= 0.6 is 0 Å². The summed E-state index contributed by atoms with van der Waals surface area (Å²) in [4.78, 5) is 23.4. The fourth-order valence-electron chi connectivity index (χ4n) is 4.06. The van der Waals surface area contributed by atoms with Crippen molar-refractivity contribution < 1.29 is 9.21 Å². The molecule has 2 aromatic rings. The smallest absolute Gasteiger partial charge is 0.276 e. The lowest BCUT2D eigenvalue weighted by atomic mass is 9.57. The number of fused-ring (bicyclic) bond motifs is 3. The fraction of sp³-hybridized carbons (Fsp3) is 0.500. The Morgan fingerprint density at radius 3 is 3.04 bits per heavy atom. The van der Waals surface area contributed by atoms with Crippen LogP contribution in [-0.4, -0.2) is 33.4 Å². The first-order chi connectivity index (χ1) is 11.1. The van der Waals surface area contributed by atoms with Gasteiger partial charge in [0.05, 0.1) is 5.56 Å². The summed E-state index contributed by atoms with van der Waals surface area (Å²) in [7, 11) is 0. The van der Waals surface area contributed by atoms with E-state index in [0.29, 0.717) is 17.6 Å². The van der Waals surface area contributed by atoms with E-state index < -0.39 is 0 Å². The molecular weight excluding hydrogens is 290 g/mol. The minimum absolute atomic E-state index is 0.0117. The highest BCUT2D eigenvalue weighted by Gasteiger charge is 2.53. The molecule has 1 aliphatic carbocycles. The van der Waals surface area contributed by atoms with Gasteiger partial charge in [-0.2, -0.15) is 0 Å². The van der Waals surface area contributed by atoms with Crippen molar-refractivity contribution in [1.29, 1.82) is 0 Å². The molecule has 0 aromatic carbocycles. The van der Waals surface area contributed by atoms with Gasteiger partial charge < -0.3 is 9.32 Å². The minimum Gasteiger partial charge on any atom is -0.444 e. The third kappa shape index (κ3) is 2.26. The second kappa shape index (κ2) is 5.18. The number of carbonyl (C=O) groups excluding carboxylic acids is 1. The summed E-state index contributed by atoms with van der Waals surface area (Å²) >= 11 is 0. The van der Waals surface area contributed by atoms with Gasteiger partial charge in [0.1, 0.15) is 6.26 Å². The summed E-state index contributed by atoms with van der Waals surface area (Å²) in [6.07, 6.45) is 8.26. The topological polar surface area (TPSA) is 59.2 Å². The lowest BCUT2D eigenvalue weighted by Crippen LogP contribution is -2.57. The van der Waals surface area contributed by atoms with E-state index >= 15 is 0 Å². The van der Waals surface area contributed by atoms with Crippen molar-refractivity contribution >= 4 is 5.91 Å². The Bertz CT molecular complexity index is 723. The number of carbonyl (C=O) groups is 1. The predicted octanol–water partition coefficient (Wildman–Crippen LogP) is 3.39. The van der Waals surface area contributed by atoms with Gasteiger partial charge in [-0.3, -0.25) is 9.78 Å².